The molecule has 0 saturated carbocycles. The molecule has 1 unspecified atom stereocenters. The van der Waals surface area contributed by atoms with Crippen molar-refractivity contribution >= 4 is 11.4 Å². The molecule has 22 heavy (non-hydrogen) atoms. The lowest BCUT2D eigenvalue weighted by Gasteiger charge is -2.15. The minimum atomic E-state index is -1.03. The molecular formula is C13H15N3O6. The van der Waals surface area contributed by atoms with Crippen LogP contribution in [0.2, 0.25) is 0 Å². The van der Waals surface area contributed by atoms with Crippen LogP contribution in [0.5, 0.6) is 17.5 Å². The Balaban J connectivity index is 1.96. The summed E-state index contributed by atoms with van der Waals surface area (Å²) in [5.74, 6) is -0.177. The Labute approximate surface area is 124 Å². The number of non-ortho nitro benzene ring substituents is 1. The molecule has 1 aromatic heterocycles. The van der Waals surface area contributed by atoms with Gasteiger partial charge < -0.3 is 25.8 Å². The van der Waals surface area contributed by atoms with Crippen molar-refractivity contribution in [3.63, 3.8) is 0 Å². The van der Waals surface area contributed by atoms with Gasteiger partial charge >= 0.3 is 0 Å². The Morgan fingerprint density at radius 1 is 1.27 bits per heavy atom. The van der Waals surface area contributed by atoms with Crippen molar-refractivity contribution in [3.8, 4) is 17.5 Å². The number of nitro benzene ring substituents is 1. The number of nitro groups is 1. The van der Waals surface area contributed by atoms with Gasteiger partial charge in [-0.2, -0.15) is 0 Å². The molecule has 1 atom stereocenters. The molecule has 0 radical (unpaired) electrons. The topological polar surface area (TPSA) is 144 Å². The molecule has 1 heterocycles. The second kappa shape index (κ2) is 6.22. The number of nitrogen functional groups attached to an aromatic ring is 1. The average molecular weight is 309 g/mol. The summed E-state index contributed by atoms with van der Waals surface area (Å²) in [4.78, 5) is 10.0. The van der Waals surface area contributed by atoms with E-state index in [0.29, 0.717) is 0 Å². The summed E-state index contributed by atoms with van der Waals surface area (Å²) in [5, 5.41) is 39.4. The number of aliphatic hydroxyl groups excluding tert-OH is 1. The zero-order chi connectivity index (χ0) is 16.3. The van der Waals surface area contributed by atoms with Crippen LogP contribution in [0.3, 0.4) is 0 Å². The second-order valence-corrected chi connectivity index (χ2v) is 4.60. The lowest BCUT2D eigenvalue weighted by atomic mass is 10.2. The molecule has 9 nitrogen and oxygen atoms in total. The van der Waals surface area contributed by atoms with E-state index in [1.807, 2.05) is 0 Å². The minimum absolute atomic E-state index is 0.0769. The van der Waals surface area contributed by atoms with Crippen molar-refractivity contribution < 1.29 is 25.0 Å². The Kier molecular flexibility index (Phi) is 4.37. The van der Waals surface area contributed by atoms with Gasteiger partial charge in [0.15, 0.2) is 11.8 Å². The first-order valence-electron chi connectivity index (χ1n) is 6.30. The number of nitrogens with zero attached hydrogens (tertiary/aromatic N) is 2. The molecule has 0 saturated heterocycles. The summed E-state index contributed by atoms with van der Waals surface area (Å²) in [5.41, 5.74) is 5.55. The zero-order valence-electron chi connectivity index (χ0n) is 11.4. The molecule has 0 amide bonds. The molecule has 5 N–H and O–H groups in total. The van der Waals surface area contributed by atoms with Gasteiger partial charge in [-0.25, -0.2) is 0 Å². The van der Waals surface area contributed by atoms with Crippen molar-refractivity contribution in [1.82, 2.24) is 4.57 Å². The van der Waals surface area contributed by atoms with Crippen LogP contribution in [0, 0.1) is 10.1 Å². The highest BCUT2D eigenvalue weighted by Crippen LogP contribution is 2.26. The van der Waals surface area contributed by atoms with Gasteiger partial charge in [-0.05, 0) is 6.07 Å². The van der Waals surface area contributed by atoms with Crippen LogP contribution in [0.25, 0.3) is 0 Å². The van der Waals surface area contributed by atoms with Crippen LogP contribution in [0.1, 0.15) is 0 Å². The van der Waals surface area contributed by atoms with E-state index in [2.05, 4.69) is 0 Å². The zero-order valence-corrected chi connectivity index (χ0v) is 11.4. The number of hydrogen-bond donors (Lipinski definition) is 4. The number of anilines is 1. The first kappa shape index (κ1) is 15.4. The van der Waals surface area contributed by atoms with Crippen molar-refractivity contribution in [2.75, 3.05) is 12.3 Å². The average Bonchev–Trinajstić information content (AvgIpc) is 2.77. The van der Waals surface area contributed by atoms with Gasteiger partial charge in [-0.1, -0.05) is 0 Å². The van der Waals surface area contributed by atoms with Gasteiger partial charge in [0.25, 0.3) is 5.69 Å². The van der Waals surface area contributed by atoms with Crippen molar-refractivity contribution in [2.45, 2.75) is 12.6 Å². The van der Waals surface area contributed by atoms with Crippen LogP contribution >= 0.6 is 0 Å². The predicted molar refractivity (Wildman–Crippen MR) is 76.8 cm³/mol. The summed E-state index contributed by atoms with van der Waals surface area (Å²) in [6.45, 7) is -0.253. The van der Waals surface area contributed by atoms with Crippen LogP contribution in [-0.2, 0) is 6.54 Å². The van der Waals surface area contributed by atoms with Crippen molar-refractivity contribution in [2.24, 2.45) is 0 Å². The van der Waals surface area contributed by atoms with Crippen molar-refractivity contribution in [1.29, 1.82) is 0 Å². The summed E-state index contributed by atoms with van der Waals surface area (Å²) in [6, 6.07) is 6.31. The minimum Gasteiger partial charge on any atom is -0.494 e. The molecule has 118 valence electrons. The number of aliphatic hydroxyl groups is 1. The summed E-state index contributed by atoms with van der Waals surface area (Å²) in [6.07, 6.45) is -1.03. The fourth-order valence-corrected chi connectivity index (χ4v) is 1.86. The highest BCUT2D eigenvalue weighted by Gasteiger charge is 2.14. The van der Waals surface area contributed by atoms with E-state index in [4.69, 9.17) is 10.5 Å². The maximum atomic E-state index is 10.6. The van der Waals surface area contributed by atoms with E-state index < -0.39 is 11.0 Å². The molecule has 0 fully saturated rings. The third kappa shape index (κ3) is 3.38. The molecule has 9 heteroatoms. The highest BCUT2D eigenvalue weighted by molar-refractivity contribution is 5.58. The van der Waals surface area contributed by atoms with Gasteiger partial charge in [0.1, 0.15) is 18.5 Å². The first-order chi connectivity index (χ1) is 10.4. The lowest BCUT2D eigenvalue weighted by molar-refractivity contribution is -0.384. The van der Waals surface area contributed by atoms with Gasteiger partial charge in [-0.3, -0.25) is 14.7 Å². The summed E-state index contributed by atoms with van der Waals surface area (Å²) >= 11 is 0. The third-order valence-electron chi connectivity index (χ3n) is 2.96. The number of aromatic hydroxyl groups is 2. The van der Waals surface area contributed by atoms with E-state index in [-0.39, 0.29) is 42.0 Å². The largest absolute Gasteiger partial charge is 0.494 e. The molecule has 0 aliphatic carbocycles. The predicted octanol–water partition coefficient (Wildman–Crippen LogP) is 0.830. The Morgan fingerprint density at radius 2 is 1.91 bits per heavy atom. The van der Waals surface area contributed by atoms with Gasteiger partial charge in [0.2, 0.25) is 0 Å². The standard InChI is InChI=1S/C13H15N3O6/c14-10-5-8(16(20)21)1-2-11(10)22-7-9(17)6-15-12(18)3-4-13(15)19/h1-5,9,17-19H,6-7,14H2. The number of nitrogens with two attached hydrogens (primary N) is 1. The maximum absolute atomic E-state index is 10.6. The molecule has 0 aliphatic heterocycles. The van der Waals surface area contributed by atoms with Gasteiger partial charge in [-0.15, -0.1) is 0 Å². The molecule has 2 aromatic rings. The number of aromatic nitrogens is 1. The van der Waals surface area contributed by atoms with Gasteiger partial charge in [0, 0.05) is 24.3 Å². The number of benzene rings is 1. The molecule has 0 spiro atoms. The number of ether oxygens (including phenoxy) is 1. The van der Waals surface area contributed by atoms with Crippen LogP contribution in [0.4, 0.5) is 11.4 Å². The number of hydrogen-bond acceptors (Lipinski definition) is 7. The normalized spacial score (nSPS) is 12.0. The summed E-state index contributed by atoms with van der Waals surface area (Å²) < 4.78 is 6.39. The highest BCUT2D eigenvalue weighted by atomic mass is 16.6. The Hall–Kier alpha value is -2.94. The summed E-state index contributed by atoms with van der Waals surface area (Å²) in [7, 11) is 0. The van der Waals surface area contributed by atoms with E-state index in [1.165, 1.54) is 24.3 Å². The second-order valence-electron chi connectivity index (χ2n) is 4.60. The van der Waals surface area contributed by atoms with Crippen LogP contribution in [-0.4, -0.2) is 37.5 Å². The SMILES string of the molecule is Nc1cc([N+](=O)[O-])ccc1OCC(O)Cn1c(O)ccc1O. The molecule has 0 bridgehead atoms. The van der Waals surface area contributed by atoms with E-state index in [0.717, 1.165) is 10.6 Å². The van der Waals surface area contributed by atoms with Crippen molar-refractivity contribution in [3.05, 3.63) is 40.4 Å². The maximum Gasteiger partial charge on any atom is 0.271 e. The van der Waals surface area contributed by atoms with Crippen LogP contribution in [0.15, 0.2) is 30.3 Å². The Bertz CT molecular complexity index is 665. The monoisotopic (exact) mass is 309 g/mol. The molecule has 2 rings (SSSR count). The van der Waals surface area contributed by atoms with E-state index in [1.54, 1.807) is 0 Å². The fraction of sp³-hybridized carbons (Fsp3) is 0.231. The van der Waals surface area contributed by atoms with E-state index in [9.17, 15) is 25.4 Å². The lowest BCUT2D eigenvalue weighted by Crippen LogP contribution is -2.23. The molecular weight excluding hydrogens is 294 g/mol. The first-order valence-corrected chi connectivity index (χ1v) is 6.30. The third-order valence-corrected chi connectivity index (χ3v) is 2.96. The van der Waals surface area contributed by atoms with Crippen LogP contribution < -0.4 is 10.5 Å². The Morgan fingerprint density at radius 3 is 2.45 bits per heavy atom. The molecule has 1 aromatic carbocycles. The smallest absolute Gasteiger partial charge is 0.271 e. The van der Waals surface area contributed by atoms with E-state index >= 15 is 0 Å². The van der Waals surface area contributed by atoms with Gasteiger partial charge in [0.05, 0.1) is 17.2 Å². The molecule has 0 aliphatic rings. The number of rotatable bonds is 6. The fourth-order valence-electron chi connectivity index (χ4n) is 1.86. The quantitative estimate of drug-likeness (QED) is 0.351.